The molecule has 1 fully saturated rings. The zero-order valence-corrected chi connectivity index (χ0v) is 18.7. The maximum absolute atomic E-state index is 13.5. The Hall–Kier alpha value is -3.19. The average Bonchev–Trinajstić information content (AvgIpc) is 3.40. The molecule has 1 aliphatic heterocycles. The van der Waals surface area contributed by atoms with Crippen LogP contribution in [-0.4, -0.2) is 59.6 Å². The first-order valence-electron chi connectivity index (χ1n) is 10.2. The Morgan fingerprint density at radius 2 is 1.88 bits per heavy atom. The molecule has 2 heterocycles. The van der Waals surface area contributed by atoms with Gasteiger partial charge in [-0.15, -0.1) is 5.10 Å². The summed E-state index contributed by atoms with van der Waals surface area (Å²) in [7, 11) is -2.40. The van der Waals surface area contributed by atoms with Gasteiger partial charge >= 0.3 is 6.18 Å². The third-order valence-corrected chi connectivity index (χ3v) is 7.05. The zero-order valence-electron chi connectivity index (χ0n) is 17.9. The van der Waals surface area contributed by atoms with Crippen LogP contribution in [-0.2, 0) is 17.1 Å². The number of rotatable bonds is 7. The van der Waals surface area contributed by atoms with Gasteiger partial charge in [0.1, 0.15) is 11.6 Å². The van der Waals surface area contributed by atoms with Crippen molar-refractivity contribution in [1.29, 1.82) is 0 Å². The summed E-state index contributed by atoms with van der Waals surface area (Å²) in [5.74, 6) is -0.778. The third kappa shape index (κ3) is 5.47. The van der Waals surface area contributed by atoms with Crippen molar-refractivity contribution < 1.29 is 30.7 Å². The fraction of sp³-hybridized carbons (Fsp3) is 0.333. The van der Waals surface area contributed by atoms with E-state index in [1.165, 1.54) is 45.5 Å². The van der Waals surface area contributed by atoms with Gasteiger partial charge in [0, 0.05) is 43.9 Å². The van der Waals surface area contributed by atoms with E-state index < -0.39 is 34.7 Å². The van der Waals surface area contributed by atoms with Crippen molar-refractivity contribution >= 4 is 15.7 Å². The number of nitrogens with one attached hydrogen (secondary N) is 1. The zero-order chi connectivity index (χ0) is 24.5. The van der Waals surface area contributed by atoms with E-state index in [9.17, 15) is 26.0 Å². The molecule has 0 unspecified atom stereocenters. The number of aromatic nitrogens is 3. The van der Waals surface area contributed by atoms with Crippen molar-refractivity contribution in [2.24, 2.45) is 7.05 Å². The van der Waals surface area contributed by atoms with Gasteiger partial charge in [0.2, 0.25) is 5.03 Å². The lowest BCUT2D eigenvalue weighted by atomic mass is 9.94. The smallest absolute Gasteiger partial charge is 0.422 e. The molecule has 2 aromatic carbocycles. The second-order valence-electron chi connectivity index (χ2n) is 7.89. The molecule has 1 N–H and O–H groups in total. The van der Waals surface area contributed by atoms with Crippen LogP contribution in [0.1, 0.15) is 11.5 Å². The Morgan fingerprint density at radius 1 is 1.15 bits per heavy atom. The van der Waals surface area contributed by atoms with E-state index >= 15 is 0 Å². The summed E-state index contributed by atoms with van der Waals surface area (Å²) in [6.45, 7) is -1.29. The summed E-state index contributed by atoms with van der Waals surface area (Å²) in [4.78, 5) is 0. The van der Waals surface area contributed by atoms with E-state index in [1.54, 1.807) is 25.2 Å². The van der Waals surface area contributed by atoms with Crippen molar-refractivity contribution in [3.8, 4) is 5.75 Å². The van der Waals surface area contributed by atoms with Crippen molar-refractivity contribution in [2.75, 3.05) is 25.0 Å². The van der Waals surface area contributed by atoms with Crippen molar-refractivity contribution in [3.63, 3.8) is 0 Å². The lowest BCUT2D eigenvalue weighted by Gasteiger charge is -2.22. The summed E-state index contributed by atoms with van der Waals surface area (Å²) in [6, 6.07) is 11.3. The van der Waals surface area contributed by atoms with Crippen LogP contribution in [0.25, 0.3) is 0 Å². The Labute approximate surface area is 193 Å². The number of alkyl halides is 3. The standard InChI is InChI=1S/C21H21F4N5O3S/c1-29-12-20(27-28-29)34(31,32)30-10-18(14-5-7-15(22)8-6-14)19(11-30)26-16-3-2-4-17(9-16)33-13-21(23,24)25/h2-9,12,18-19,26H,10-11,13H2,1H3/t18-,19+/m1/s1. The highest BCUT2D eigenvalue weighted by Crippen LogP contribution is 2.34. The van der Waals surface area contributed by atoms with E-state index in [0.29, 0.717) is 11.3 Å². The van der Waals surface area contributed by atoms with Crippen molar-refractivity contribution in [1.82, 2.24) is 19.3 Å². The van der Waals surface area contributed by atoms with E-state index in [1.807, 2.05) is 0 Å². The van der Waals surface area contributed by atoms with Crippen LogP contribution in [0.15, 0.2) is 59.8 Å². The van der Waals surface area contributed by atoms with Crippen LogP contribution in [0.2, 0.25) is 0 Å². The minimum Gasteiger partial charge on any atom is -0.484 e. The predicted octanol–water partition coefficient (Wildman–Crippen LogP) is 3.16. The summed E-state index contributed by atoms with van der Waals surface area (Å²) in [5.41, 5.74) is 1.16. The molecule has 3 aromatic rings. The first kappa shape index (κ1) is 24.0. The quantitative estimate of drug-likeness (QED) is 0.503. The predicted molar refractivity (Wildman–Crippen MR) is 114 cm³/mol. The van der Waals surface area contributed by atoms with Gasteiger partial charge in [-0.05, 0) is 29.8 Å². The van der Waals surface area contributed by atoms with E-state index in [2.05, 4.69) is 15.6 Å². The molecule has 0 amide bonds. The summed E-state index contributed by atoms with van der Waals surface area (Å²) < 4.78 is 84.5. The first-order valence-corrected chi connectivity index (χ1v) is 11.6. The molecule has 13 heteroatoms. The van der Waals surface area contributed by atoms with E-state index in [4.69, 9.17) is 4.74 Å². The topological polar surface area (TPSA) is 89.4 Å². The highest BCUT2D eigenvalue weighted by molar-refractivity contribution is 7.89. The Morgan fingerprint density at radius 3 is 2.53 bits per heavy atom. The Balaban J connectivity index is 1.59. The molecule has 2 atom stereocenters. The minimum atomic E-state index is -4.47. The maximum atomic E-state index is 13.5. The highest BCUT2D eigenvalue weighted by Gasteiger charge is 2.41. The summed E-state index contributed by atoms with van der Waals surface area (Å²) in [5, 5.41) is 10.4. The average molecular weight is 499 g/mol. The van der Waals surface area contributed by atoms with Crippen LogP contribution in [0, 0.1) is 5.82 Å². The van der Waals surface area contributed by atoms with Gasteiger partial charge in [-0.3, -0.25) is 4.68 Å². The summed E-state index contributed by atoms with van der Waals surface area (Å²) >= 11 is 0. The molecule has 1 saturated heterocycles. The van der Waals surface area contributed by atoms with Gasteiger partial charge in [0.15, 0.2) is 6.61 Å². The van der Waals surface area contributed by atoms with E-state index in [-0.39, 0.29) is 29.8 Å². The first-order chi connectivity index (χ1) is 16.0. The molecule has 8 nitrogen and oxygen atoms in total. The molecule has 0 bridgehead atoms. The molecule has 0 saturated carbocycles. The van der Waals surface area contributed by atoms with Gasteiger partial charge in [-0.25, -0.2) is 12.8 Å². The van der Waals surface area contributed by atoms with Gasteiger partial charge in [-0.2, -0.15) is 17.5 Å². The number of hydrogen-bond donors (Lipinski definition) is 1. The van der Waals surface area contributed by atoms with Crippen molar-refractivity contribution in [2.45, 2.75) is 23.2 Å². The lowest BCUT2D eigenvalue weighted by molar-refractivity contribution is -0.153. The second kappa shape index (κ2) is 9.22. The molecule has 1 aliphatic rings. The van der Waals surface area contributed by atoms with Crippen molar-refractivity contribution in [3.05, 3.63) is 66.1 Å². The number of halogens is 4. The van der Waals surface area contributed by atoms with Gasteiger partial charge in [-0.1, -0.05) is 23.4 Å². The lowest BCUT2D eigenvalue weighted by Crippen LogP contribution is -2.32. The molecule has 1 aromatic heterocycles. The fourth-order valence-electron chi connectivity index (χ4n) is 3.79. The number of hydrogen-bond acceptors (Lipinski definition) is 6. The fourth-order valence-corrected chi connectivity index (χ4v) is 5.19. The highest BCUT2D eigenvalue weighted by atomic mass is 32.2. The number of ether oxygens (including phenoxy) is 1. The number of sulfonamides is 1. The number of nitrogens with zero attached hydrogens (tertiary/aromatic N) is 4. The molecule has 0 aliphatic carbocycles. The molecular formula is C21H21F4N5O3S. The Bertz CT molecular complexity index is 1250. The molecule has 0 spiro atoms. The number of aryl methyl sites for hydroxylation is 1. The molecule has 4 rings (SSSR count). The van der Waals surface area contributed by atoms with E-state index in [0.717, 1.165) is 0 Å². The largest absolute Gasteiger partial charge is 0.484 e. The minimum absolute atomic E-state index is 0.0164. The van der Waals surface area contributed by atoms with Gasteiger partial charge in [0.05, 0.1) is 6.20 Å². The number of benzene rings is 2. The van der Waals surface area contributed by atoms with Crippen LogP contribution in [0.3, 0.4) is 0 Å². The van der Waals surface area contributed by atoms with Crippen LogP contribution >= 0.6 is 0 Å². The maximum Gasteiger partial charge on any atom is 0.422 e. The van der Waals surface area contributed by atoms with Crippen LogP contribution < -0.4 is 10.1 Å². The molecule has 34 heavy (non-hydrogen) atoms. The Kier molecular flexibility index (Phi) is 6.49. The second-order valence-corrected chi connectivity index (χ2v) is 9.78. The van der Waals surface area contributed by atoms with Crippen LogP contribution in [0.4, 0.5) is 23.2 Å². The molecule has 0 radical (unpaired) electrons. The monoisotopic (exact) mass is 499 g/mol. The van der Waals surface area contributed by atoms with Gasteiger partial charge in [0.25, 0.3) is 10.0 Å². The van der Waals surface area contributed by atoms with Gasteiger partial charge < -0.3 is 10.1 Å². The summed E-state index contributed by atoms with van der Waals surface area (Å²) in [6.07, 6.45) is -3.18. The number of anilines is 1. The normalized spacial score (nSPS) is 19.3. The SMILES string of the molecule is Cn1cc(S(=O)(=O)N2C[C@H](Nc3cccc(OCC(F)(F)F)c3)[C@@H](c3ccc(F)cc3)C2)nn1. The molecule has 182 valence electrons. The van der Waals surface area contributed by atoms with Crippen LogP contribution in [0.5, 0.6) is 5.75 Å². The molecular weight excluding hydrogens is 478 g/mol. The third-order valence-electron chi connectivity index (χ3n) is 5.36.